The lowest BCUT2D eigenvalue weighted by molar-refractivity contribution is 0.0594. The highest BCUT2D eigenvalue weighted by molar-refractivity contribution is 9.10. The first-order valence-electron chi connectivity index (χ1n) is 4.82. The van der Waals surface area contributed by atoms with Gasteiger partial charge in [-0.3, -0.25) is 5.10 Å². The molecule has 0 aliphatic heterocycles. The minimum atomic E-state index is -0.780. The van der Waals surface area contributed by atoms with E-state index < -0.39 is 17.6 Å². The van der Waals surface area contributed by atoms with Crippen molar-refractivity contribution >= 4 is 21.9 Å². The molecule has 94 valence electrons. The van der Waals surface area contributed by atoms with Crippen LogP contribution in [0.5, 0.6) is 0 Å². The van der Waals surface area contributed by atoms with Crippen LogP contribution in [0.4, 0.5) is 8.78 Å². The van der Waals surface area contributed by atoms with E-state index in [-0.39, 0.29) is 21.4 Å². The van der Waals surface area contributed by atoms with Crippen molar-refractivity contribution in [2.45, 2.75) is 0 Å². The molecule has 0 aliphatic carbocycles. The van der Waals surface area contributed by atoms with Crippen molar-refractivity contribution in [3.05, 3.63) is 40.0 Å². The summed E-state index contributed by atoms with van der Waals surface area (Å²) >= 11 is 2.80. The summed E-state index contributed by atoms with van der Waals surface area (Å²) < 4.78 is 31.1. The number of H-pyrrole nitrogens is 1. The molecule has 2 aromatic rings. The van der Waals surface area contributed by atoms with E-state index in [2.05, 4.69) is 30.9 Å². The van der Waals surface area contributed by atoms with E-state index in [1.54, 1.807) is 0 Å². The van der Waals surface area contributed by atoms with E-state index in [4.69, 9.17) is 0 Å². The second kappa shape index (κ2) is 4.85. The summed E-state index contributed by atoms with van der Waals surface area (Å²) in [6.07, 6.45) is 0. The molecular formula is C11H7BrF2N2O2. The van der Waals surface area contributed by atoms with E-state index >= 15 is 0 Å². The average Bonchev–Trinajstić information content (AvgIpc) is 2.84. The van der Waals surface area contributed by atoms with Crippen LogP contribution in [0.3, 0.4) is 0 Å². The van der Waals surface area contributed by atoms with Crippen molar-refractivity contribution in [1.82, 2.24) is 10.2 Å². The Hall–Kier alpha value is -1.76. The number of aromatic amines is 1. The van der Waals surface area contributed by atoms with Gasteiger partial charge in [-0.05, 0) is 34.1 Å². The second-order valence-corrected chi connectivity index (χ2v) is 4.17. The Morgan fingerprint density at radius 1 is 1.44 bits per heavy atom. The van der Waals surface area contributed by atoms with Crippen LogP contribution >= 0.6 is 15.9 Å². The molecule has 0 saturated carbocycles. The number of halogens is 3. The topological polar surface area (TPSA) is 55.0 Å². The standard InChI is InChI=1S/C11H7BrF2N2O2/c1-18-11(17)8-4-7(15-16-8)5-2-3-6(13)9(12)10(5)14/h2-4H,1H3,(H,15,16). The number of rotatable bonds is 2. The van der Waals surface area contributed by atoms with E-state index in [1.165, 1.54) is 19.2 Å². The molecule has 0 saturated heterocycles. The predicted octanol–water partition coefficient (Wildman–Crippen LogP) is 2.90. The number of carbonyl (C=O) groups is 1. The van der Waals surface area contributed by atoms with Crippen LogP contribution in [0, 0.1) is 11.6 Å². The van der Waals surface area contributed by atoms with Crippen molar-refractivity contribution in [2.24, 2.45) is 0 Å². The smallest absolute Gasteiger partial charge is 0.356 e. The molecule has 1 heterocycles. The fraction of sp³-hybridized carbons (Fsp3) is 0.0909. The third kappa shape index (κ3) is 2.13. The Labute approximate surface area is 109 Å². The number of nitrogens with zero attached hydrogens (tertiary/aromatic N) is 1. The van der Waals surface area contributed by atoms with Gasteiger partial charge in [-0.25, -0.2) is 13.6 Å². The summed E-state index contributed by atoms with van der Waals surface area (Å²) in [5, 5.41) is 6.19. The number of benzene rings is 1. The fourth-order valence-corrected chi connectivity index (χ4v) is 1.74. The maximum absolute atomic E-state index is 13.8. The predicted molar refractivity (Wildman–Crippen MR) is 63.0 cm³/mol. The number of hydrogen-bond acceptors (Lipinski definition) is 3. The van der Waals surface area contributed by atoms with Crippen LogP contribution in [0.15, 0.2) is 22.7 Å². The SMILES string of the molecule is COC(=O)c1cc(-c2ccc(F)c(Br)c2F)n[nH]1. The van der Waals surface area contributed by atoms with Crippen molar-refractivity contribution in [1.29, 1.82) is 0 Å². The maximum atomic E-state index is 13.8. The van der Waals surface area contributed by atoms with Crippen molar-refractivity contribution < 1.29 is 18.3 Å². The van der Waals surface area contributed by atoms with Crippen LogP contribution < -0.4 is 0 Å². The monoisotopic (exact) mass is 316 g/mol. The van der Waals surface area contributed by atoms with Gasteiger partial charge in [-0.15, -0.1) is 0 Å². The zero-order valence-electron chi connectivity index (χ0n) is 9.13. The largest absolute Gasteiger partial charge is 0.464 e. The lowest BCUT2D eigenvalue weighted by Crippen LogP contribution is -2.00. The minimum absolute atomic E-state index is 0.0784. The highest BCUT2D eigenvalue weighted by Crippen LogP contribution is 2.29. The Morgan fingerprint density at radius 2 is 2.17 bits per heavy atom. The number of hydrogen-bond donors (Lipinski definition) is 1. The van der Waals surface area contributed by atoms with Gasteiger partial charge < -0.3 is 4.74 Å². The molecule has 0 bridgehead atoms. The van der Waals surface area contributed by atoms with Crippen molar-refractivity contribution in [3.8, 4) is 11.3 Å². The average molecular weight is 317 g/mol. The normalized spacial score (nSPS) is 10.4. The van der Waals surface area contributed by atoms with Gasteiger partial charge in [-0.2, -0.15) is 5.10 Å². The quantitative estimate of drug-likeness (QED) is 0.684. The Morgan fingerprint density at radius 3 is 2.83 bits per heavy atom. The van der Waals surface area contributed by atoms with Crippen LogP contribution in [0.1, 0.15) is 10.5 Å². The number of carbonyl (C=O) groups excluding carboxylic acids is 1. The molecule has 0 radical (unpaired) electrons. The second-order valence-electron chi connectivity index (χ2n) is 3.38. The third-order valence-corrected chi connectivity index (χ3v) is 3.02. The van der Waals surface area contributed by atoms with E-state index in [1.807, 2.05) is 0 Å². The Bertz CT molecular complexity index is 613. The van der Waals surface area contributed by atoms with Gasteiger partial charge in [-0.1, -0.05) is 0 Å². The molecule has 0 aliphatic rings. The molecule has 1 aromatic carbocycles. The summed E-state index contributed by atoms with van der Waals surface area (Å²) in [5.74, 6) is -2.10. The summed E-state index contributed by atoms with van der Waals surface area (Å²) in [4.78, 5) is 11.2. The van der Waals surface area contributed by atoms with E-state index in [0.29, 0.717) is 0 Å². The summed E-state index contributed by atoms with van der Waals surface area (Å²) in [5.41, 5.74) is 0.357. The Kier molecular flexibility index (Phi) is 3.42. The first-order valence-corrected chi connectivity index (χ1v) is 5.61. The molecule has 7 heteroatoms. The Balaban J connectivity index is 2.47. The van der Waals surface area contributed by atoms with E-state index in [9.17, 15) is 13.6 Å². The van der Waals surface area contributed by atoms with Gasteiger partial charge in [0.25, 0.3) is 0 Å². The summed E-state index contributed by atoms with van der Waals surface area (Å²) in [6.45, 7) is 0. The summed E-state index contributed by atoms with van der Waals surface area (Å²) in [6, 6.07) is 3.68. The number of methoxy groups -OCH3 is 1. The molecule has 0 fully saturated rings. The van der Waals surface area contributed by atoms with Crippen LogP contribution in [-0.2, 0) is 4.74 Å². The number of nitrogens with one attached hydrogen (secondary N) is 1. The van der Waals surface area contributed by atoms with Crippen LogP contribution in [-0.4, -0.2) is 23.3 Å². The van der Waals surface area contributed by atoms with Crippen LogP contribution in [0.25, 0.3) is 11.3 Å². The molecule has 0 amide bonds. The highest BCUT2D eigenvalue weighted by Gasteiger charge is 2.17. The highest BCUT2D eigenvalue weighted by atomic mass is 79.9. The van der Waals surface area contributed by atoms with Crippen LogP contribution in [0.2, 0.25) is 0 Å². The number of ether oxygens (including phenoxy) is 1. The molecule has 18 heavy (non-hydrogen) atoms. The molecule has 1 aromatic heterocycles. The number of aromatic nitrogens is 2. The molecule has 0 unspecified atom stereocenters. The zero-order valence-corrected chi connectivity index (χ0v) is 10.7. The molecular weight excluding hydrogens is 310 g/mol. The fourth-order valence-electron chi connectivity index (χ4n) is 1.40. The van der Waals surface area contributed by atoms with Gasteiger partial charge in [0.15, 0.2) is 0 Å². The number of esters is 1. The maximum Gasteiger partial charge on any atom is 0.356 e. The van der Waals surface area contributed by atoms with Crippen molar-refractivity contribution in [3.63, 3.8) is 0 Å². The van der Waals surface area contributed by atoms with Gasteiger partial charge in [0.1, 0.15) is 17.3 Å². The van der Waals surface area contributed by atoms with E-state index in [0.717, 1.165) is 6.07 Å². The third-order valence-electron chi connectivity index (χ3n) is 2.29. The molecule has 0 atom stereocenters. The van der Waals surface area contributed by atoms with Gasteiger partial charge in [0, 0.05) is 5.56 Å². The van der Waals surface area contributed by atoms with Crippen molar-refractivity contribution in [2.75, 3.05) is 7.11 Å². The first kappa shape index (κ1) is 12.7. The minimum Gasteiger partial charge on any atom is -0.464 e. The molecule has 0 spiro atoms. The zero-order chi connectivity index (χ0) is 13.3. The summed E-state index contributed by atoms with van der Waals surface area (Å²) in [7, 11) is 1.22. The molecule has 2 rings (SSSR count). The van der Waals surface area contributed by atoms with Gasteiger partial charge in [0.2, 0.25) is 0 Å². The molecule has 1 N–H and O–H groups in total. The lowest BCUT2D eigenvalue weighted by atomic mass is 10.1. The first-order chi connectivity index (χ1) is 8.54. The molecule has 4 nitrogen and oxygen atoms in total. The lowest BCUT2D eigenvalue weighted by Gasteiger charge is -2.01. The van der Waals surface area contributed by atoms with Gasteiger partial charge >= 0.3 is 5.97 Å². The van der Waals surface area contributed by atoms with Gasteiger partial charge in [0.05, 0.1) is 17.3 Å².